The average molecular weight is 310 g/mol. The Hall–Kier alpha value is -3.03. The van der Waals surface area contributed by atoms with Crippen LogP contribution in [-0.4, -0.2) is 17.1 Å². The maximum absolute atomic E-state index is 13.6. The molecular weight excluding hydrogens is 301 g/mol. The molecule has 3 N–H and O–H groups in total. The third kappa shape index (κ3) is 3.75. The van der Waals surface area contributed by atoms with Crippen molar-refractivity contribution in [2.75, 3.05) is 10.6 Å². The summed E-state index contributed by atoms with van der Waals surface area (Å²) in [5, 5.41) is 12.7. The van der Waals surface area contributed by atoms with E-state index >= 15 is 0 Å². The lowest BCUT2D eigenvalue weighted by Gasteiger charge is -2.09. The summed E-state index contributed by atoms with van der Waals surface area (Å²) in [6.45, 7) is 0. The Morgan fingerprint density at radius 1 is 0.909 bits per heavy atom. The number of carboxylic acid groups (broad SMARTS) is 1. The maximum Gasteiger partial charge on any atom is 0.409 e. The van der Waals surface area contributed by atoms with Gasteiger partial charge in [-0.05, 0) is 30.3 Å². The molecule has 0 atom stereocenters. The van der Waals surface area contributed by atoms with Crippen molar-refractivity contribution in [2.24, 2.45) is 0 Å². The predicted molar refractivity (Wildman–Crippen MR) is 72.4 cm³/mol. The highest BCUT2D eigenvalue weighted by Crippen LogP contribution is 2.21. The van der Waals surface area contributed by atoms with Crippen LogP contribution in [0.1, 0.15) is 10.4 Å². The molecule has 0 unspecified atom stereocenters. The van der Waals surface area contributed by atoms with Gasteiger partial charge in [0.1, 0.15) is 17.5 Å². The van der Waals surface area contributed by atoms with E-state index in [-0.39, 0.29) is 16.9 Å². The van der Waals surface area contributed by atoms with Crippen molar-refractivity contribution < 1.29 is 27.9 Å². The number of benzene rings is 2. The normalized spacial score (nSPS) is 10.1. The van der Waals surface area contributed by atoms with Crippen LogP contribution in [0.25, 0.3) is 0 Å². The van der Waals surface area contributed by atoms with E-state index < -0.39 is 29.5 Å². The van der Waals surface area contributed by atoms with E-state index in [1.54, 1.807) is 0 Å². The van der Waals surface area contributed by atoms with Crippen LogP contribution in [0.5, 0.6) is 0 Å². The molecule has 2 aromatic rings. The molecule has 2 aromatic carbocycles. The summed E-state index contributed by atoms with van der Waals surface area (Å²) in [7, 11) is 0. The first-order valence-corrected chi connectivity index (χ1v) is 5.92. The summed E-state index contributed by atoms with van der Waals surface area (Å²) in [6.07, 6.45) is -1.36. The van der Waals surface area contributed by atoms with Gasteiger partial charge < -0.3 is 10.4 Å². The second-order valence-corrected chi connectivity index (χ2v) is 4.24. The largest absolute Gasteiger partial charge is 0.465 e. The number of carbonyl (C=O) groups is 2. The van der Waals surface area contributed by atoms with E-state index in [0.717, 1.165) is 30.3 Å². The van der Waals surface area contributed by atoms with E-state index in [4.69, 9.17) is 5.11 Å². The monoisotopic (exact) mass is 310 g/mol. The van der Waals surface area contributed by atoms with Crippen LogP contribution in [0.4, 0.5) is 29.3 Å². The molecule has 0 aliphatic heterocycles. The van der Waals surface area contributed by atoms with Crippen LogP contribution in [0.3, 0.4) is 0 Å². The zero-order chi connectivity index (χ0) is 16.3. The van der Waals surface area contributed by atoms with Gasteiger partial charge in [-0.25, -0.2) is 18.0 Å². The Morgan fingerprint density at radius 3 is 2.14 bits per heavy atom. The highest BCUT2D eigenvalue weighted by molar-refractivity contribution is 6.04. The van der Waals surface area contributed by atoms with E-state index in [1.807, 2.05) is 5.32 Å². The number of carbonyl (C=O) groups excluding carboxylic acids is 1. The number of halogens is 3. The van der Waals surface area contributed by atoms with E-state index in [0.29, 0.717) is 6.07 Å². The zero-order valence-corrected chi connectivity index (χ0v) is 10.9. The van der Waals surface area contributed by atoms with Crippen molar-refractivity contribution >= 4 is 23.4 Å². The first-order valence-electron chi connectivity index (χ1n) is 5.92. The van der Waals surface area contributed by atoms with Crippen molar-refractivity contribution in [3.8, 4) is 0 Å². The molecule has 0 bridgehead atoms. The fraction of sp³-hybridized carbons (Fsp3) is 0. The second-order valence-electron chi connectivity index (χ2n) is 4.24. The predicted octanol–water partition coefficient (Wildman–Crippen LogP) is 3.45. The van der Waals surface area contributed by atoms with Crippen molar-refractivity contribution in [1.29, 1.82) is 0 Å². The van der Waals surface area contributed by atoms with Crippen molar-refractivity contribution in [3.63, 3.8) is 0 Å². The summed E-state index contributed by atoms with van der Waals surface area (Å²) < 4.78 is 39.7. The molecule has 0 aromatic heterocycles. The lowest BCUT2D eigenvalue weighted by Crippen LogP contribution is -2.14. The molecule has 8 heteroatoms. The molecule has 0 aliphatic rings. The lowest BCUT2D eigenvalue weighted by molar-refractivity contribution is 0.102. The first-order chi connectivity index (χ1) is 10.3. The number of anilines is 2. The smallest absolute Gasteiger partial charge is 0.409 e. The van der Waals surface area contributed by atoms with Gasteiger partial charge in [-0.2, -0.15) is 0 Å². The van der Waals surface area contributed by atoms with E-state index in [1.165, 1.54) is 0 Å². The van der Waals surface area contributed by atoms with Gasteiger partial charge in [0.2, 0.25) is 0 Å². The second kappa shape index (κ2) is 6.17. The van der Waals surface area contributed by atoms with Crippen LogP contribution in [-0.2, 0) is 0 Å². The number of nitrogens with one attached hydrogen (secondary N) is 2. The minimum absolute atomic E-state index is 0.0228. The van der Waals surface area contributed by atoms with Gasteiger partial charge >= 0.3 is 6.09 Å². The molecule has 2 rings (SSSR count). The van der Waals surface area contributed by atoms with Crippen LogP contribution in [0.15, 0.2) is 36.4 Å². The Kier molecular flexibility index (Phi) is 4.31. The van der Waals surface area contributed by atoms with Crippen LogP contribution in [0, 0.1) is 17.5 Å². The molecule has 0 radical (unpaired) electrons. The van der Waals surface area contributed by atoms with E-state index in [9.17, 15) is 22.8 Å². The summed E-state index contributed by atoms with van der Waals surface area (Å²) in [6, 6.07) is 5.30. The highest BCUT2D eigenvalue weighted by Gasteiger charge is 2.13. The van der Waals surface area contributed by atoms with Crippen LogP contribution < -0.4 is 10.6 Å². The summed E-state index contributed by atoms with van der Waals surface area (Å²) in [4.78, 5) is 22.4. The zero-order valence-electron chi connectivity index (χ0n) is 10.9. The van der Waals surface area contributed by atoms with Gasteiger partial charge in [-0.15, -0.1) is 0 Å². The summed E-state index contributed by atoms with van der Waals surface area (Å²) >= 11 is 0. The third-order valence-corrected chi connectivity index (χ3v) is 2.59. The Balaban J connectivity index is 2.25. The SMILES string of the molecule is O=C(O)Nc1ccc(F)c(NC(=O)c2cc(F)cc(F)c2)c1. The molecule has 5 nitrogen and oxygen atoms in total. The van der Waals surface area contributed by atoms with E-state index in [2.05, 4.69) is 5.32 Å². The molecule has 0 spiro atoms. The molecule has 114 valence electrons. The molecule has 2 amide bonds. The topological polar surface area (TPSA) is 78.4 Å². The van der Waals surface area contributed by atoms with Crippen LogP contribution in [0.2, 0.25) is 0 Å². The van der Waals surface area contributed by atoms with Crippen LogP contribution >= 0.6 is 0 Å². The molecule has 0 aliphatic carbocycles. The van der Waals surface area contributed by atoms with Gasteiger partial charge in [0.05, 0.1) is 5.69 Å². The lowest BCUT2D eigenvalue weighted by atomic mass is 10.2. The highest BCUT2D eigenvalue weighted by atomic mass is 19.1. The van der Waals surface area contributed by atoms with Gasteiger partial charge in [-0.1, -0.05) is 0 Å². The standard InChI is InChI=1S/C14H9F3N2O3/c15-8-3-7(4-9(16)5-8)13(20)19-12-6-10(18-14(21)22)1-2-11(12)17/h1-6,18H,(H,19,20)(H,21,22). The van der Waals surface area contributed by atoms with Gasteiger partial charge in [0, 0.05) is 17.3 Å². The van der Waals surface area contributed by atoms with Crippen molar-refractivity contribution in [3.05, 3.63) is 59.4 Å². The van der Waals surface area contributed by atoms with Crippen molar-refractivity contribution in [1.82, 2.24) is 0 Å². The quantitative estimate of drug-likeness (QED) is 0.812. The molecule has 22 heavy (non-hydrogen) atoms. The molecule has 0 saturated carbocycles. The minimum Gasteiger partial charge on any atom is -0.465 e. The Morgan fingerprint density at radius 2 is 1.55 bits per heavy atom. The number of hydrogen-bond acceptors (Lipinski definition) is 2. The molecule has 0 heterocycles. The third-order valence-electron chi connectivity index (χ3n) is 2.59. The van der Waals surface area contributed by atoms with Gasteiger partial charge in [0.25, 0.3) is 5.91 Å². The number of amides is 2. The minimum atomic E-state index is -1.36. The number of rotatable bonds is 3. The number of hydrogen-bond donors (Lipinski definition) is 3. The fourth-order valence-electron chi connectivity index (χ4n) is 1.70. The Bertz CT molecular complexity index is 730. The van der Waals surface area contributed by atoms with Gasteiger partial charge in [-0.3, -0.25) is 10.1 Å². The Labute approximate surface area is 122 Å². The van der Waals surface area contributed by atoms with Gasteiger partial charge in [0.15, 0.2) is 0 Å². The molecular formula is C14H9F3N2O3. The average Bonchev–Trinajstić information content (AvgIpc) is 2.40. The fourth-order valence-corrected chi connectivity index (χ4v) is 1.70. The summed E-state index contributed by atoms with van der Waals surface area (Å²) in [5.41, 5.74) is -0.649. The summed E-state index contributed by atoms with van der Waals surface area (Å²) in [5.74, 6) is -3.68. The first kappa shape index (κ1) is 15.4. The van der Waals surface area contributed by atoms with Crippen molar-refractivity contribution in [2.45, 2.75) is 0 Å². The molecule has 0 saturated heterocycles. The maximum atomic E-state index is 13.6. The molecule has 0 fully saturated rings.